The summed E-state index contributed by atoms with van der Waals surface area (Å²) in [6.07, 6.45) is 7.73. The number of nitro benzene ring substituents is 1. The van der Waals surface area contributed by atoms with E-state index in [0.717, 1.165) is 19.3 Å². The first kappa shape index (κ1) is 13.1. The van der Waals surface area contributed by atoms with Gasteiger partial charge in [-0.25, -0.2) is 4.79 Å². The Balaban J connectivity index is 2.04. The number of carbonyl (C=O) groups is 1. The van der Waals surface area contributed by atoms with Crippen LogP contribution < -0.4 is 0 Å². The molecule has 2 atom stereocenters. The number of nitrogens with zero attached hydrogens (tertiary/aromatic N) is 1. The molecule has 0 radical (unpaired) electrons. The lowest BCUT2D eigenvalue weighted by Gasteiger charge is -2.15. The van der Waals surface area contributed by atoms with Crippen molar-refractivity contribution < 1.29 is 14.5 Å². The molecular weight excluding hydrogens is 246 g/mol. The van der Waals surface area contributed by atoms with Gasteiger partial charge in [-0.3, -0.25) is 10.1 Å². The second kappa shape index (κ2) is 5.53. The molecular formula is C14H13NO4. The zero-order valence-corrected chi connectivity index (χ0v) is 10.2. The zero-order valence-electron chi connectivity index (χ0n) is 10.2. The number of rotatable bonds is 3. The van der Waals surface area contributed by atoms with Gasteiger partial charge in [-0.1, -0.05) is 5.92 Å². The second-order valence-electron chi connectivity index (χ2n) is 4.45. The molecule has 1 aliphatic carbocycles. The van der Waals surface area contributed by atoms with Crippen molar-refractivity contribution in [1.29, 1.82) is 0 Å². The van der Waals surface area contributed by atoms with Crippen LogP contribution in [0.1, 0.15) is 29.6 Å². The van der Waals surface area contributed by atoms with Crippen LogP contribution in [-0.2, 0) is 4.74 Å². The Hall–Kier alpha value is -2.35. The number of non-ortho nitro benzene ring substituents is 1. The van der Waals surface area contributed by atoms with Crippen LogP contribution in [0.3, 0.4) is 0 Å². The van der Waals surface area contributed by atoms with Crippen LogP contribution in [-0.4, -0.2) is 17.0 Å². The van der Waals surface area contributed by atoms with Gasteiger partial charge in [0.15, 0.2) is 0 Å². The lowest BCUT2D eigenvalue weighted by Crippen LogP contribution is -2.21. The molecule has 0 saturated heterocycles. The quantitative estimate of drug-likeness (QED) is 0.362. The van der Waals surface area contributed by atoms with Gasteiger partial charge in [-0.15, -0.1) is 6.42 Å². The van der Waals surface area contributed by atoms with E-state index in [1.54, 1.807) is 0 Å². The number of ether oxygens (including phenoxy) is 1. The molecule has 1 aliphatic rings. The number of hydrogen-bond donors (Lipinski definition) is 0. The standard InChI is InChI=1S/C14H13NO4/c1-2-10-4-3-5-13(10)19-14(16)11-6-8-12(9-7-11)15(17)18/h1,6-10,13H,3-5H2/t10-,13+/m0/s1. The van der Waals surface area contributed by atoms with Crippen molar-refractivity contribution in [2.24, 2.45) is 5.92 Å². The molecule has 19 heavy (non-hydrogen) atoms. The maximum atomic E-state index is 11.9. The van der Waals surface area contributed by atoms with Crippen molar-refractivity contribution in [3.63, 3.8) is 0 Å². The summed E-state index contributed by atoms with van der Waals surface area (Å²) in [5.74, 6) is 2.12. The zero-order chi connectivity index (χ0) is 13.8. The molecule has 1 saturated carbocycles. The minimum absolute atomic E-state index is 0.0259. The Morgan fingerprint density at radius 3 is 2.63 bits per heavy atom. The van der Waals surface area contributed by atoms with Crippen LogP contribution in [0, 0.1) is 28.4 Å². The number of hydrogen-bond acceptors (Lipinski definition) is 4. The molecule has 98 valence electrons. The highest BCUT2D eigenvalue weighted by molar-refractivity contribution is 5.89. The van der Waals surface area contributed by atoms with Crippen molar-refractivity contribution in [2.75, 3.05) is 0 Å². The number of terminal acetylenes is 1. The minimum atomic E-state index is -0.513. The number of benzene rings is 1. The summed E-state index contributed by atoms with van der Waals surface area (Å²) in [6.45, 7) is 0. The van der Waals surface area contributed by atoms with E-state index in [4.69, 9.17) is 11.2 Å². The van der Waals surface area contributed by atoms with Crippen LogP contribution in [0.2, 0.25) is 0 Å². The van der Waals surface area contributed by atoms with Crippen LogP contribution in [0.4, 0.5) is 5.69 Å². The summed E-state index contributed by atoms with van der Waals surface area (Å²) in [4.78, 5) is 21.9. The van der Waals surface area contributed by atoms with Gasteiger partial charge in [0.05, 0.1) is 16.4 Å². The molecule has 5 heteroatoms. The molecule has 0 unspecified atom stereocenters. The van der Waals surface area contributed by atoms with Gasteiger partial charge in [-0.2, -0.15) is 0 Å². The molecule has 5 nitrogen and oxygen atoms in total. The normalized spacial score (nSPS) is 21.6. The molecule has 1 aromatic carbocycles. The molecule has 1 aromatic rings. The molecule has 2 rings (SSSR count). The lowest BCUT2D eigenvalue weighted by molar-refractivity contribution is -0.384. The highest BCUT2D eigenvalue weighted by Gasteiger charge is 2.29. The van der Waals surface area contributed by atoms with Gasteiger partial charge in [0.1, 0.15) is 6.10 Å². The largest absolute Gasteiger partial charge is 0.457 e. The van der Waals surface area contributed by atoms with Gasteiger partial charge < -0.3 is 4.74 Å². The summed E-state index contributed by atoms with van der Waals surface area (Å²) in [6, 6.07) is 5.34. The van der Waals surface area contributed by atoms with Gasteiger partial charge in [-0.05, 0) is 31.4 Å². The maximum Gasteiger partial charge on any atom is 0.338 e. The first-order valence-electron chi connectivity index (χ1n) is 6.03. The minimum Gasteiger partial charge on any atom is -0.457 e. The van der Waals surface area contributed by atoms with Gasteiger partial charge in [0, 0.05) is 12.1 Å². The molecule has 0 aliphatic heterocycles. The van der Waals surface area contributed by atoms with E-state index in [2.05, 4.69) is 5.92 Å². The fourth-order valence-corrected chi connectivity index (χ4v) is 2.18. The average molecular weight is 259 g/mol. The third-order valence-corrected chi connectivity index (χ3v) is 3.24. The van der Waals surface area contributed by atoms with Gasteiger partial charge in [0.2, 0.25) is 0 Å². The third-order valence-electron chi connectivity index (χ3n) is 3.24. The van der Waals surface area contributed by atoms with E-state index in [-0.39, 0.29) is 17.7 Å². The Bertz CT molecular complexity index is 529. The van der Waals surface area contributed by atoms with Crippen molar-refractivity contribution in [3.05, 3.63) is 39.9 Å². The molecule has 0 N–H and O–H groups in total. The molecule has 0 amide bonds. The summed E-state index contributed by atoms with van der Waals surface area (Å²) < 4.78 is 5.35. The highest BCUT2D eigenvalue weighted by Crippen LogP contribution is 2.28. The number of nitro groups is 1. The van der Waals surface area contributed by atoms with Crippen LogP contribution in [0.5, 0.6) is 0 Å². The van der Waals surface area contributed by atoms with Crippen molar-refractivity contribution >= 4 is 11.7 Å². The topological polar surface area (TPSA) is 69.4 Å². The first-order chi connectivity index (χ1) is 9.11. The molecule has 0 spiro atoms. The monoisotopic (exact) mass is 259 g/mol. The molecule has 0 aromatic heterocycles. The summed E-state index contributed by atoms with van der Waals surface area (Å²) in [5, 5.41) is 10.5. The highest BCUT2D eigenvalue weighted by atomic mass is 16.6. The van der Waals surface area contributed by atoms with Crippen LogP contribution in [0.15, 0.2) is 24.3 Å². The van der Waals surface area contributed by atoms with Crippen molar-refractivity contribution in [2.45, 2.75) is 25.4 Å². The smallest absolute Gasteiger partial charge is 0.338 e. The van der Waals surface area contributed by atoms with Crippen LogP contribution >= 0.6 is 0 Å². The summed E-state index contributed by atoms with van der Waals surface area (Å²) in [5.41, 5.74) is 0.243. The second-order valence-corrected chi connectivity index (χ2v) is 4.45. The van der Waals surface area contributed by atoms with Gasteiger partial charge in [0.25, 0.3) is 5.69 Å². The van der Waals surface area contributed by atoms with Crippen molar-refractivity contribution in [1.82, 2.24) is 0 Å². The van der Waals surface area contributed by atoms with Gasteiger partial charge >= 0.3 is 5.97 Å². The molecule has 0 bridgehead atoms. The summed E-state index contributed by atoms with van der Waals surface area (Å²) in [7, 11) is 0. The SMILES string of the molecule is C#C[C@H]1CCC[C@H]1OC(=O)c1ccc([N+](=O)[O-])cc1. The summed E-state index contributed by atoms with van der Waals surface area (Å²) >= 11 is 0. The number of esters is 1. The first-order valence-corrected chi connectivity index (χ1v) is 6.03. The lowest BCUT2D eigenvalue weighted by atomic mass is 10.1. The van der Waals surface area contributed by atoms with E-state index in [1.165, 1.54) is 24.3 Å². The average Bonchev–Trinajstić information content (AvgIpc) is 2.86. The Morgan fingerprint density at radius 2 is 2.05 bits per heavy atom. The maximum absolute atomic E-state index is 11.9. The Labute approximate surface area is 110 Å². The van der Waals surface area contributed by atoms with Crippen molar-refractivity contribution in [3.8, 4) is 12.3 Å². The third kappa shape index (κ3) is 2.91. The van der Waals surface area contributed by atoms with E-state index in [1.807, 2.05) is 0 Å². The van der Waals surface area contributed by atoms with E-state index < -0.39 is 10.9 Å². The molecule has 0 heterocycles. The fraction of sp³-hybridized carbons (Fsp3) is 0.357. The van der Waals surface area contributed by atoms with E-state index in [9.17, 15) is 14.9 Å². The Morgan fingerprint density at radius 1 is 1.37 bits per heavy atom. The Kier molecular flexibility index (Phi) is 3.81. The van der Waals surface area contributed by atoms with E-state index >= 15 is 0 Å². The van der Waals surface area contributed by atoms with Crippen LogP contribution in [0.25, 0.3) is 0 Å². The number of carbonyl (C=O) groups excluding carboxylic acids is 1. The molecule has 1 fully saturated rings. The van der Waals surface area contributed by atoms with E-state index in [0.29, 0.717) is 5.56 Å². The predicted molar refractivity (Wildman–Crippen MR) is 68.5 cm³/mol. The predicted octanol–water partition coefficient (Wildman–Crippen LogP) is 2.55. The fourth-order valence-electron chi connectivity index (χ4n) is 2.18.